The van der Waals surface area contributed by atoms with Gasteiger partial charge in [-0.2, -0.15) is 0 Å². The number of nitrogens with one attached hydrogen (secondary N) is 1. The first-order valence-electron chi connectivity index (χ1n) is 4.45. The Balaban J connectivity index is 3.51. The molecule has 0 fully saturated rings. The first-order chi connectivity index (χ1) is 5.33. The van der Waals surface area contributed by atoms with Crippen molar-refractivity contribution in [2.24, 2.45) is 0 Å². The molecule has 1 unspecified atom stereocenters. The molecule has 3 heteroatoms. The molecule has 0 aromatic rings. The molecule has 74 valence electrons. The standard InChI is InChI=1S/C9H21NOS/c1-8(2)12(11)7-6-10-9(3,4)5/h8,10H,6-7H2,1-5H3. The summed E-state index contributed by atoms with van der Waals surface area (Å²) in [4.78, 5) is 0. The Morgan fingerprint density at radius 1 is 1.33 bits per heavy atom. The Labute approximate surface area is 78.6 Å². The van der Waals surface area contributed by atoms with Crippen LogP contribution in [0.5, 0.6) is 0 Å². The third kappa shape index (κ3) is 6.80. The zero-order chi connectivity index (χ0) is 9.78. The Kier molecular flexibility index (Phi) is 5.02. The van der Waals surface area contributed by atoms with Gasteiger partial charge in [-0.25, -0.2) is 0 Å². The number of hydrogen-bond donors (Lipinski definition) is 1. The monoisotopic (exact) mass is 191 g/mol. The van der Waals surface area contributed by atoms with Crippen LogP contribution in [-0.4, -0.2) is 27.3 Å². The van der Waals surface area contributed by atoms with E-state index in [0.717, 1.165) is 12.3 Å². The SMILES string of the molecule is CC(C)S(=O)CCNC(C)(C)C. The van der Waals surface area contributed by atoms with Gasteiger partial charge in [0.05, 0.1) is 0 Å². The summed E-state index contributed by atoms with van der Waals surface area (Å²) in [6.45, 7) is 11.2. The molecule has 0 heterocycles. The van der Waals surface area contributed by atoms with Crippen LogP contribution in [0.1, 0.15) is 34.6 Å². The molecule has 0 amide bonds. The van der Waals surface area contributed by atoms with Crippen molar-refractivity contribution < 1.29 is 4.21 Å². The molecule has 1 atom stereocenters. The van der Waals surface area contributed by atoms with Crippen LogP contribution in [0.2, 0.25) is 0 Å². The highest BCUT2D eigenvalue weighted by Gasteiger charge is 2.10. The zero-order valence-electron chi connectivity index (χ0n) is 8.81. The first kappa shape index (κ1) is 12.1. The zero-order valence-corrected chi connectivity index (χ0v) is 9.62. The molecule has 2 nitrogen and oxygen atoms in total. The van der Waals surface area contributed by atoms with Crippen molar-refractivity contribution >= 4 is 10.8 Å². The van der Waals surface area contributed by atoms with Crippen LogP contribution >= 0.6 is 0 Å². The van der Waals surface area contributed by atoms with Crippen molar-refractivity contribution in [3.05, 3.63) is 0 Å². The molecule has 0 saturated carbocycles. The maximum atomic E-state index is 11.3. The molecule has 0 rings (SSSR count). The molecule has 0 radical (unpaired) electrons. The summed E-state index contributed by atoms with van der Waals surface area (Å²) < 4.78 is 11.3. The van der Waals surface area contributed by atoms with Crippen LogP contribution in [0, 0.1) is 0 Å². The second-order valence-corrected chi connectivity index (χ2v) is 6.42. The van der Waals surface area contributed by atoms with E-state index in [-0.39, 0.29) is 10.8 Å². The fraction of sp³-hybridized carbons (Fsp3) is 1.00. The number of hydrogen-bond acceptors (Lipinski definition) is 2. The van der Waals surface area contributed by atoms with Crippen LogP contribution in [0.4, 0.5) is 0 Å². The van der Waals surface area contributed by atoms with Crippen molar-refractivity contribution in [3.8, 4) is 0 Å². The minimum atomic E-state index is -0.669. The van der Waals surface area contributed by atoms with E-state index in [2.05, 4.69) is 26.1 Å². The van der Waals surface area contributed by atoms with Crippen molar-refractivity contribution in [2.75, 3.05) is 12.3 Å². The van der Waals surface area contributed by atoms with Gasteiger partial charge in [-0.15, -0.1) is 0 Å². The van der Waals surface area contributed by atoms with E-state index in [1.807, 2.05) is 13.8 Å². The summed E-state index contributed by atoms with van der Waals surface area (Å²) in [6, 6.07) is 0. The van der Waals surface area contributed by atoms with E-state index < -0.39 is 10.8 Å². The molecule has 1 N–H and O–H groups in total. The van der Waals surface area contributed by atoms with Crippen LogP contribution in [-0.2, 0) is 10.8 Å². The fourth-order valence-corrected chi connectivity index (χ4v) is 1.54. The van der Waals surface area contributed by atoms with E-state index >= 15 is 0 Å². The molecular weight excluding hydrogens is 170 g/mol. The molecule has 0 aliphatic rings. The van der Waals surface area contributed by atoms with Gasteiger partial charge in [0.25, 0.3) is 0 Å². The lowest BCUT2D eigenvalue weighted by Crippen LogP contribution is -2.38. The molecule has 0 saturated heterocycles. The van der Waals surface area contributed by atoms with E-state index in [1.165, 1.54) is 0 Å². The van der Waals surface area contributed by atoms with Crippen molar-refractivity contribution in [3.63, 3.8) is 0 Å². The van der Waals surface area contributed by atoms with Crippen LogP contribution < -0.4 is 5.32 Å². The molecular formula is C9H21NOS. The van der Waals surface area contributed by atoms with Crippen molar-refractivity contribution in [1.29, 1.82) is 0 Å². The van der Waals surface area contributed by atoms with E-state index in [0.29, 0.717) is 0 Å². The topological polar surface area (TPSA) is 29.1 Å². The summed E-state index contributed by atoms with van der Waals surface area (Å²) in [7, 11) is -0.669. The highest BCUT2D eigenvalue weighted by molar-refractivity contribution is 7.85. The van der Waals surface area contributed by atoms with E-state index in [4.69, 9.17) is 0 Å². The van der Waals surface area contributed by atoms with Crippen LogP contribution in [0.15, 0.2) is 0 Å². The van der Waals surface area contributed by atoms with Crippen LogP contribution in [0.25, 0.3) is 0 Å². The van der Waals surface area contributed by atoms with Gasteiger partial charge in [0.2, 0.25) is 0 Å². The first-order valence-corrected chi connectivity index (χ1v) is 5.83. The van der Waals surface area contributed by atoms with Gasteiger partial charge in [-0.3, -0.25) is 4.21 Å². The quantitative estimate of drug-likeness (QED) is 0.730. The van der Waals surface area contributed by atoms with Gasteiger partial charge in [0.1, 0.15) is 0 Å². The summed E-state index contributed by atoms with van der Waals surface area (Å²) in [5, 5.41) is 3.60. The highest BCUT2D eigenvalue weighted by Crippen LogP contribution is 1.98. The molecule has 12 heavy (non-hydrogen) atoms. The Hall–Kier alpha value is 0.110. The molecule has 0 aliphatic carbocycles. The maximum absolute atomic E-state index is 11.3. The van der Waals surface area contributed by atoms with Gasteiger partial charge >= 0.3 is 0 Å². The lowest BCUT2D eigenvalue weighted by Gasteiger charge is -2.20. The van der Waals surface area contributed by atoms with Crippen molar-refractivity contribution in [1.82, 2.24) is 5.32 Å². The third-order valence-corrected chi connectivity index (χ3v) is 3.14. The minimum absolute atomic E-state index is 0.140. The summed E-state index contributed by atoms with van der Waals surface area (Å²) in [5.41, 5.74) is 0.140. The molecule has 0 bridgehead atoms. The van der Waals surface area contributed by atoms with Gasteiger partial charge < -0.3 is 5.32 Å². The molecule has 0 aromatic heterocycles. The largest absolute Gasteiger partial charge is 0.311 e. The van der Waals surface area contributed by atoms with Crippen molar-refractivity contribution in [2.45, 2.75) is 45.4 Å². The lowest BCUT2D eigenvalue weighted by molar-refractivity contribution is 0.440. The normalized spacial score (nSPS) is 15.2. The smallest absolute Gasteiger partial charge is 0.0362 e. The minimum Gasteiger partial charge on any atom is -0.311 e. The van der Waals surface area contributed by atoms with E-state index in [9.17, 15) is 4.21 Å². The van der Waals surface area contributed by atoms with Gasteiger partial charge in [0, 0.05) is 33.9 Å². The third-order valence-electron chi connectivity index (χ3n) is 1.48. The number of rotatable bonds is 4. The maximum Gasteiger partial charge on any atom is 0.0362 e. The average Bonchev–Trinajstić information content (AvgIpc) is 1.84. The lowest BCUT2D eigenvalue weighted by atomic mass is 10.1. The van der Waals surface area contributed by atoms with E-state index in [1.54, 1.807) is 0 Å². The summed E-state index contributed by atoms with van der Waals surface area (Å²) in [6.07, 6.45) is 0. The van der Waals surface area contributed by atoms with Gasteiger partial charge in [0.15, 0.2) is 0 Å². The molecule has 0 aromatic carbocycles. The Bertz CT molecular complexity index is 149. The second-order valence-electron chi connectivity index (χ2n) is 4.31. The summed E-state index contributed by atoms with van der Waals surface area (Å²) in [5.74, 6) is 0.759. The van der Waals surface area contributed by atoms with Gasteiger partial charge in [-0.05, 0) is 20.8 Å². The predicted octanol–water partition coefficient (Wildman–Crippen LogP) is 1.53. The average molecular weight is 191 g/mol. The molecule has 0 aliphatic heterocycles. The summed E-state index contributed by atoms with van der Waals surface area (Å²) >= 11 is 0. The predicted molar refractivity (Wildman–Crippen MR) is 55.9 cm³/mol. The van der Waals surface area contributed by atoms with Gasteiger partial charge in [-0.1, -0.05) is 13.8 Å². The Morgan fingerprint density at radius 3 is 2.17 bits per heavy atom. The van der Waals surface area contributed by atoms with Crippen LogP contribution in [0.3, 0.4) is 0 Å². The highest BCUT2D eigenvalue weighted by atomic mass is 32.2. The fourth-order valence-electron chi connectivity index (χ4n) is 0.762. The second kappa shape index (κ2) is 4.97. The Morgan fingerprint density at radius 2 is 1.83 bits per heavy atom. The molecule has 0 spiro atoms.